The van der Waals surface area contributed by atoms with Crippen molar-refractivity contribution in [1.29, 1.82) is 0 Å². The van der Waals surface area contributed by atoms with Crippen molar-refractivity contribution >= 4 is 33.3 Å². The molecular weight excluding hydrogens is 338 g/mol. The molecule has 0 unspecified atom stereocenters. The second kappa shape index (κ2) is 7.02. The first-order valence-corrected chi connectivity index (χ1v) is 8.76. The Balaban J connectivity index is 2.26. The number of sulfonamides is 1. The SMILES string of the molecule is CCOC(=O)c1ccc(NS(=O)(=O)c2ccc(Cl)cc2)c(C)c1. The normalized spacial score (nSPS) is 11.1. The Bertz CT molecular complexity index is 816. The highest BCUT2D eigenvalue weighted by atomic mass is 35.5. The highest BCUT2D eigenvalue weighted by Crippen LogP contribution is 2.22. The summed E-state index contributed by atoms with van der Waals surface area (Å²) in [6, 6.07) is 10.5. The molecule has 1 N–H and O–H groups in total. The molecule has 0 saturated heterocycles. The molecule has 7 heteroatoms. The van der Waals surface area contributed by atoms with Crippen LogP contribution in [0.5, 0.6) is 0 Å². The molecule has 0 aliphatic heterocycles. The molecule has 122 valence electrons. The third-order valence-electron chi connectivity index (χ3n) is 3.11. The van der Waals surface area contributed by atoms with Gasteiger partial charge in [-0.05, 0) is 61.9 Å². The molecule has 0 bridgehead atoms. The van der Waals surface area contributed by atoms with Gasteiger partial charge in [0.25, 0.3) is 10.0 Å². The van der Waals surface area contributed by atoms with Gasteiger partial charge >= 0.3 is 5.97 Å². The van der Waals surface area contributed by atoms with Crippen molar-refractivity contribution in [1.82, 2.24) is 0 Å². The lowest BCUT2D eigenvalue weighted by atomic mass is 10.1. The van der Waals surface area contributed by atoms with E-state index < -0.39 is 16.0 Å². The van der Waals surface area contributed by atoms with Crippen molar-refractivity contribution in [3.05, 3.63) is 58.6 Å². The van der Waals surface area contributed by atoms with Crippen LogP contribution < -0.4 is 4.72 Å². The molecule has 0 radical (unpaired) electrons. The Morgan fingerprint density at radius 2 is 1.83 bits per heavy atom. The monoisotopic (exact) mass is 353 g/mol. The number of ether oxygens (including phenoxy) is 1. The van der Waals surface area contributed by atoms with E-state index in [-0.39, 0.29) is 11.5 Å². The summed E-state index contributed by atoms with van der Waals surface area (Å²) < 4.78 is 32.1. The molecule has 0 aliphatic carbocycles. The van der Waals surface area contributed by atoms with Crippen LogP contribution in [-0.4, -0.2) is 21.0 Å². The smallest absolute Gasteiger partial charge is 0.338 e. The largest absolute Gasteiger partial charge is 0.462 e. The van der Waals surface area contributed by atoms with Gasteiger partial charge < -0.3 is 4.74 Å². The minimum atomic E-state index is -3.72. The van der Waals surface area contributed by atoms with E-state index in [0.717, 1.165) is 0 Å². The van der Waals surface area contributed by atoms with Crippen LogP contribution in [0.1, 0.15) is 22.8 Å². The lowest BCUT2D eigenvalue weighted by molar-refractivity contribution is 0.0526. The molecule has 5 nitrogen and oxygen atoms in total. The zero-order valence-electron chi connectivity index (χ0n) is 12.7. The summed E-state index contributed by atoms with van der Waals surface area (Å²) in [5.74, 6) is -0.442. The van der Waals surface area contributed by atoms with Crippen LogP contribution in [0.2, 0.25) is 5.02 Å². The number of carbonyl (C=O) groups excluding carboxylic acids is 1. The van der Waals surface area contributed by atoms with Crippen LogP contribution >= 0.6 is 11.6 Å². The molecule has 23 heavy (non-hydrogen) atoms. The van der Waals surface area contributed by atoms with E-state index >= 15 is 0 Å². The van der Waals surface area contributed by atoms with E-state index in [0.29, 0.717) is 21.8 Å². The second-order valence-electron chi connectivity index (χ2n) is 4.81. The van der Waals surface area contributed by atoms with Crippen LogP contribution in [-0.2, 0) is 14.8 Å². The van der Waals surface area contributed by atoms with Crippen molar-refractivity contribution in [3.63, 3.8) is 0 Å². The lowest BCUT2D eigenvalue weighted by Gasteiger charge is -2.12. The summed E-state index contributed by atoms with van der Waals surface area (Å²) in [5.41, 5.74) is 1.39. The Hall–Kier alpha value is -2.05. The van der Waals surface area contributed by atoms with Gasteiger partial charge in [-0.3, -0.25) is 4.72 Å². The van der Waals surface area contributed by atoms with Crippen molar-refractivity contribution in [2.45, 2.75) is 18.7 Å². The highest BCUT2D eigenvalue weighted by Gasteiger charge is 2.16. The van der Waals surface area contributed by atoms with Gasteiger partial charge in [0, 0.05) is 5.02 Å². The van der Waals surface area contributed by atoms with Gasteiger partial charge in [-0.2, -0.15) is 0 Å². The lowest BCUT2D eigenvalue weighted by Crippen LogP contribution is -2.14. The zero-order valence-corrected chi connectivity index (χ0v) is 14.2. The molecule has 2 aromatic rings. The summed E-state index contributed by atoms with van der Waals surface area (Å²) in [5, 5.41) is 0.457. The standard InChI is InChI=1S/C16H16ClNO4S/c1-3-22-16(19)12-4-9-15(11(2)10-12)18-23(20,21)14-7-5-13(17)6-8-14/h4-10,18H,3H2,1-2H3. The fourth-order valence-corrected chi connectivity index (χ4v) is 3.19. The van der Waals surface area contributed by atoms with E-state index in [1.165, 1.54) is 36.4 Å². The first-order chi connectivity index (χ1) is 10.8. The Morgan fingerprint density at radius 3 is 2.39 bits per heavy atom. The predicted octanol–water partition coefficient (Wildman–Crippen LogP) is 3.63. The number of anilines is 1. The first kappa shape index (κ1) is 17.3. The summed E-state index contributed by atoms with van der Waals surface area (Å²) in [6.45, 7) is 3.71. The minimum Gasteiger partial charge on any atom is -0.462 e. The fourth-order valence-electron chi connectivity index (χ4n) is 1.94. The molecule has 0 aromatic heterocycles. The third-order valence-corrected chi connectivity index (χ3v) is 4.74. The Morgan fingerprint density at radius 1 is 1.17 bits per heavy atom. The maximum absolute atomic E-state index is 12.3. The average molecular weight is 354 g/mol. The van der Waals surface area contributed by atoms with Crippen LogP contribution in [0, 0.1) is 6.92 Å². The zero-order chi connectivity index (χ0) is 17.0. The highest BCUT2D eigenvalue weighted by molar-refractivity contribution is 7.92. The minimum absolute atomic E-state index is 0.107. The molecule has 0 aliphatic rings. The number of benzene rings is 2. The third kappa shape index (κ3) is 4.24. The number of hydrogen-bond acceptors (Lipinski definition) is 4. The summed E-state index contributed by atoms with van der Waals surface area (Å²) >= 11 is 5.76. The van der Waals surface area contributed by atoms with E-state index in [9.17, 15) is 13.2 Å². The van der Waals surface area contributed by atoms with Gasteiger partial charge in [-0.1, -0.05) is 11.6 Å². The molecular formula is C16H16ClNO4S. The van der Waals surface area contributed by atoms with Crippen molar-refractivity contribution in [3.8, 4) is 0 Å². The number of esters is 1. The first-order valence-electron chi connectivity index (χ1n) is 6.89. The van der Waals surface area contributed by atoms with Gasteiger partial charge in [0.05, 0.1) is 22.8 Å². The Kier molecular flexibility index (Phi) is 5.28. The van der Waals surface area contributed by atoms with Gasteiger partial charge in [-0.15, -0.1) is 0 Å². The van der Waals surface area contributed by atoms with Gasteiger partial charge in [0.15, 0.2) is 0 Å². The summed E-state index contributed by atoms with van der Waals surface area (Å²) in [7, 11) is -3.72. The molecule has 0 saturated carbocycles. The van der Waals surface area contributed by atoms with Gasteiger partial charge in [-0.25, -0.2) is 13.2 Å². The van der Waals surface area contributed by atoms with Gasteiger partial charge in [0.2, 0.25) is 0 Å². The number of nitrogens with one attached hydrogen (secondary N) is 1. The number of carbonyl (C=O) groups is 1. The molecule has 0 spiro atoms. The van der Waals surface area contributed by atoms with Crippen LogP contribution in [0.4, 0.5) is 5.69 Å². The molecule has 2 aromatic carbocycles. The van der Waals surface area contributed by atoms with Crippen LogP contribution in [0.25, 0.3) is 0 Å². The topological polar surface area (TPSA) is 72.5 Å². The summed E-state index contributed by atoms with van der Waals surface area (Å²) in [6.07, 6.45) is 0. The van der Waals surface area contributed by atoms with E-state index in [4.69, 9.17) is 16.3 Å². The number of halogens is 1. The van der Waals surface area contributed by atoms with Crippen molar-refractivity contribution in [2.24, 2.45) is 0 Å². The molecule has 0 fully saturated rings. The van der Waals surface area contributed by atoms with Crippen LogP contribution in [0.3, 0.4) is 0 Å². The average Bonchev–Trinajstić information content (AvgIpc) is 2.50. The molecule has 0 heterocycles. The van der Waals surface area contributed by atoms with Gasteiger partial charge in [0.1, 0.15) is 0 Å². The number of rotatable bonds is 5. The Labute approximate surface area is 140 Å². The van der Waals surface area contributed by atoms with E-state index in [1.807, 2.05) is 0 Å². The molecule has 0 atom stereocenters. The molecule has 0 amide bonds. The molecule has 2 rings (SSSR count). The fraction of sp³-hybridized carbons (Fsp3) is 0.188. The van der Waals surface area contributed by atoms with Crippen molar-refractivity contribution < 1.29 is 17.9 Å². The van der Waals surface area contributed by atoms with E-state index in [1.54, 1.807) is 19.9 Å². The maximum atomic E-state index is 12.3. The van der Waals surface area contributed by atoms with E-state index in [2.05, 4.69) is 4.72 Å². The quantitative estimate of drug-likeness (QED) is 0.833. The maximum Gasteiger partial charge on any atom is 0.338 e. The number of hydrogen-bond donors (Lipinski definition) is 1. The van der Waals surface area contributed by atoms with Crippen LogP contribution in [0.15, 0.2) is 47.4 Å². The second-order valence-corrected chi connectivity index (χ2v) is 6.93. The predicted molar refractivity (Wildman–Crippen MR) is 89.4 cm³/mol. The van der Waals surface area contributed by atoms with Crippen molar-refractivity contribution in [2.75, 3.05) is 11.3 Å². The number of aryl methyl sites for hydroxylation is 1. The summed E-state index contributed by atoms with van der Waals surface area (Å²) in [4.78, 5) is 11.8.